The van der Waals surface area contributed by atoms with Gasteiger partial charge in [-0.3, -0.25) is 4.79 Å². The van der Waals surface area contributed by atoms with Gasteiger partial charge in [0.2, 0.25) is 5.91 Å². The lowest BCUT2D eigenvalue weighted by molar-refractivity contribution is -0.133. The van der Waals surface area contributed by atoms with Crippen molar-refractivity contribution in [2.45, 2.75) is 12.5 Å². The fourth-order valence-electron chi connectivity index (χ4n) is 1.87. The minimum absolute atomic E-state index is 0.0766. The molecule has 1 amide bonds. The largest absolute Gasteiger partial charge is 0.339 e. The zero-order chi connectivity index (χ0) is 11.4. The Hall–Kier alpha value is -0.910. The van der Waals surface area contributed by atoms with Crippen LogP contribution in [0.4, 0.5) is 0 Å². The van der Waals surface area contributed by atoms with Gasteiger partial charge in [0.1, 0.15) is 0 Å². The van der Waals surface area contributed by atoms with Crippen molar-refractivity contribution >= 4 is 17.2 Å². The molecule has 1 fully saturated rings. The molecule has 1 aliphatic heterocycles. The summed E-state index contributed by atoms with van der Waals surface area (Å²) in [6, 6.07) is 1.63. The average Bonchev–Trinajstić information content (AvgIpc) is 2.82. The molecule has 3 N–H and O–H groups in total. The summed E-state index contributed by atoms with van der Waals surface area (Å²) < 4.78 is 0. The molecule has 0 aromatic carbocycles. The van der Waals surface area contributed by atoms with Gasteiger partial charge in [-0.1, -0.05) is 0 Å². The summed E-state index contributed by atoms with van der Waals surface area (Å²) in [4.78, 5) is 13.9. The third kappa shape index (κ3) is 2.81. The number of carbonyl (C=O) groups excluding carboxylic acids is 1. The van der Waals surface area contributed by atoms with E-state index in [1.54, 1.807) is 11.3 Å². The molecule has 2 heterocycles. The van der Waals surface area contributed by atoms with Gasteiger partial charge < -0.3 is 16.0 Å². The normalized spacial score (nSPS) is 18.4. The topological polar surface area (TPSA) is 58.4 Å². The molecule has 0 bridgehead atoms. The van der Waals surface area contributed by atoms with Crippen molar-refractivity contribution in [3.63, 3.8) is 0 Å². The maximum absolute atomic E-state index is 12.0. The number of nitrogens with zero attached hydrogens (tertiary/aromatic N) is 1. The molecule has 2 rings (SSSR count). The highest BCUT2D eigenvalue weighted by atomic mass is 32.1. The van der Waals surface area contributed by atoms with E-state index in [0.717, 1.165) is 31.7 Å². The van der Waals surface area contributed by atoms with Crippen LogP contribution in [0.3, 0.4) is 0 Å². The highest BCUT2D eigenvalue weighted by Gasteiger charge is 2.22. The quantitative estimate of drug-likeness (QED) is 0.783. The molecular formula is C11H17N3OS. The first-order valence-electron chi connectivity index (χ1n) is 5.53. The smallest absolute Gasteiger partial charge is 0.239 e. The van der Waals surface area contributed by atoms with E-state index in [-0.39, 0.29) is 5.91 Å². The van der Waals surface area contributed by atoms with Crippen molar-refractivity contribution in [3.8, 4) is 0 Å². The molecular weight excluding hydrogens is 222 g/mol. The molecule has 0 spiro atoms. The number of rotatable bonds is 3. The summed E-state index contributed by atoms with van der Waals surface area (Å²) in [6.07, 6.45) is 0.645. The fourth-order valence-corrected chi connectivity index (χ4v) is 2.55. The van der Waals surface area contributed by atoms with Crippen molar-refractivity contribution < 1.29 is 4.79 Å². The van der Waals surface area contributed by atoms with Gasteiger partial charge in [-0.15, -0.1) is 0 Å². The molecule has 1 aromatic rings. The Kier molecular flexibility index (Phi) is 3.93. The first-order chi connectivity index (χ1) is 7.77. The molecule has 0 radical (unpaired) electrons. The van der Waals surface area contributed by atoms with Crippen LogP contribution < -0.4 is 11.1 Å². The maximum Gasteiger partial charge on any atom is 0.239 e. The minimum Gasteiger partial charge on any atom is -0.339 e. The van der Waals surface area contributed by atoms with Crippen molar-refractivity contribution in [2.24, 2.45) is 5.73 Å². The molecule has 1 aliphatic rings. The van der Waals surface area contributed by atoms with Gasteiger partial charge in [-0.2, -0.15) is 11.3 Å². The van der Waals surface area contributed by atoms with E-state index in [2.05, 4.69) is 5.32 Å². The highest BCUT2D eigenvalue weighted by molar-refractivity contribution is 7.07. The second-order valence-electron chi connectivity index (χ2n) is 4.02. The lowest BCUT2D eigenvalue weighted by atomic mass is 10.1. The number of thiophene rings is 1. The van der Waals surface area contributed by atoms with Crippen LogP contribution in [0.15, 0.2) is 16.8 Å². The Morgan fingerprint density at radius 1 is 1.56 bits per heavy atom. The van der Waals surface area contributed by atoms with Gasteiger partial charge in [0, 0.05) is 26.2 Å². The third-order valence-corrected chi connectivity index (χ3v) is 3.51. The Labute approximate surface area is 99.4 Å². The van der Waals surface area contributed by atoms with Crippen LogP contribution in [-0.2, 0) is 11.2 Å². The van der Waals surface area contributed by atoms with E-state index in [9.17, 15) is 4.79 Å². The zero-order valence-corrected chi connectivity index (χ0v) is 10.0. The molecule has 1 atom stereocenters. The molecule has 88 valence electrons. The Bertz CT molecular complexity index is 333. The number of hydrogen-bond donors (Lipinski definition) is 2. The van der Waals surface area contributed by atoms with Crippen LogP contribution in [0, 0.1) is 0 Å². The third-order valence-electron chi connectivity index (χ3n) is 2.78. The Balaban J connectivity index is 1.88. The first-order valence-corrected chi connectivity index (χ1v) is 6.48. The first kappa shape index (κ1) is 11.6. The number of nitrogens with two attached hydrogens (primary N) is 1. The minimum atomic E-state index is -0.396. The summed E-state index contributed by atoms with van der Waals surface area (Å²) in [5, 5.41) is 7.28. The number of carbonyl (C=O) groups is 1. The predicted octanol–water partition coefficient (Wildman–Crippen LogP) is 0.0497. The SMILES string of the molecule is NC(Cc1ccsc1)C(=O)N1CCNCC1. The van der Waals surface area contributed by atoms with Crippen LogP contribution in [0.1, 0.15) is 5.56 Å². The second-order valence-corrected chi connectivity index (χ2v) is 4.80. The number of amides is 1. The molecule has 0 aliphatic carbocycles. The van der Waals surface area contributed by atoms with E-state index in [1.807, 2.05) is 21.7 Å². The molecule has 1 unspecified atom stereocenters. The maximum atomic E-state index is 12.0. The van der Waals surface area contributed by atoms with Crippen LogP contribution in [0.5, 0.6) is 0 Å². The van der Waals surface area contributed by atoms with Crippen molar-refractivity contribution in [2.75, 3.05) is 26.2 Å². The summed E-state index contributed by atoms with van der Waals surface area (Å²) >= 11 is 1.64. The second kappa shape index (κ2) is 5.43. The monoisotopic (exact) mass is 239 g/mol. The van der Waals surface area contributed by atoms with Gasteiger partial charge in [-0.25, -0.2) is 0 Å². The zero-order valence-electron chi connectivity index (χ0n) is 9.19. The molecule has 1 saturated heterocycles. The number of hydrogen-bond acceptors (Lipinski definition) is 4. The summed E-state index contributed by atoms with van der Waals surface area (Å²) in [5.74, 6) is 0.0766. The Morgan fingerprint density at radius 3 is 2.94 bits per heavy atom. The molecule has 4 nitrogen and oxygen atoms in total. The lowest BCUT2D eigenvalue weighted by Crippen LogP contribution is -2.52. The van der Waals surface area contributed by atoms with Gasteiger partial charge in [-0.05, 0) is 28.8 Å². The Morgan fingerprint density at radius 2 is 2.31 bits per heavy atom. The lowest BCUT2D eigenvalue weighted by Gasteiger charge is -2.29. The van der Waals surface area contributed by atoms with Crippen LogP contribution >= 0.6 is 11.3 Å². The van der Waals surface area contributed by atoms with Crippen molar-refractivity contribution in [1.29, 1.82) is 0 Å². The van der Waals surface area contributed by atoms with Crippen LogP contribution in [0.2, 0.25) is 0 Å². The summed E-state index contributed by atoms with van der Waals surface area (Å²) in [5.41, 5.74) is 7.09. The van der Waals surface area contributed by atoms with Gasteiger partial charge in [0.05, 0.1) is 6.04 Å². The van der Waals surface area contributed by atoms with E-state index in [0.29, 0.717) is 6.42 Å². The fraction of sp³-hybridized carbons (Fsp3) is 0.545. The van der Waals surface area contributed by atoms with E-state index >= 15 is 0 Å². The standard InChI is InChI=1S/C11H17N3OS/c12-10(7-9-1-6-16-8-9)11(15)14-4-2-13-3-5-14/h1,6,8,10,13H,2-5,7,12H2. The van der Waals surface area contributed by atoms with E-state index in [4.69, 9.17) is 5.73 Å². The van der Waals surface area contributed by atoms with Gasteiger partial charge >= 0.3 is 0 Å². The summed E-state index contributed by atoms with van der Waals surface area (Å²) in [6.45, 7) is 3.29. The number of nitrogens with one attached hydrogen (secondary N) is 1. The average molecular weight is 239 g/mol. The molecule has 16 heavy (non-hydrogen) atoms. The van der Waals surface area contributed by atoms with Crippen molar-refractivity contribution in [1.82, 2.24) is 10.2 Å². The molecule has 0 saturated carbocycles. The van der Waals surface area contributed by atoms with E-state index in [1.165, 1.54) is 0 Å². The van der Waals surface area contributed by atoms with Gasteiger partial charge in [0.25, 0.3) is 0 Å². The van der Waals surface area contributed by atoms with Crippen LogP contribution in [0.25, 0.3) is 0 Å². The van der Waals surface area contributed by atoms with E-state index < -0.39 is 6.04 Å². The molecule has 5 heteroatoms. The van der Waals surface area contributed by atoms with Crippen molar-refractivity contribution in [3.05, 3.63) is 22.4 Å². The molecule has 1 aromatic heterocycles. The predicted molar refractivity (Wildman–Crippen MR) is 65.4 cm³/mol. The number of piperazine rings is 1. The van der Waals surface area contributed by atoms with Gasteiger partial charge in [0.15, 0.2) is 0 Å². The van der Waals surface area contributed by atoms with Crippen LogP contribution in [-0.4, -0.2) is 43.0 Å². The highest BCUT2D eigenvalue weighted by Crippen LogP contribution is 2.09. The summed E-state index contributed by atoms with van der Waals surface area (Å²) in [7, 11) is 0.